The van der Waals surface area contributed by atoms with E-state index in [0.717, 1.165) is 27.1 Å². The first-order valence-electron chi connectivity index (χ1n) is 14.1. The molecule has 5 aromatic rings. The van der Waals surface area contributed by atoms with Crippen LogP contribution in [0.4, 0.5) is 0 Å². The first-order valence-corrected chi connectivity index (χ1v) is 16.2. The van der Waals surface area contributed by atoms with Gasteiger partial charge in [-0.15, -0.1) is 23.1 Å². The number of hydrogen-bond acceptors (Lipinski definition) is 9. The standard InChI is InChI=1S/C34H34N2O5S2/c1-33(40-20-26-16-10-5-11-17-26)30(39-19-25-14-8-4-9-15-25)28(21-38-18-24-12-6-3-7-13-24)41-34(33,37)31-29-27(22-43-31)32(42-2)36-23-35-29/h3-17,22-23,28,30,37H,18-21H2,1-2H3/t28-,30-,33-,34?/m1/s1. The number of hydrogen-bond donors (Lipinski definition) is 1. The Balaban J connectivity index is 1.38. The first kappa shape index (κ1) is 29.9. The third-order valence-electron chi connectivity index (χ3n) is 7.78. The molecule has 3 aromatic carbocycles. The largest absolute Gasteiger partial charge is 0.374 e. The maximum absolute atomic E-state index is 12.7. The second-order valence-electron chi connectivity index (χ2n) is 10.6. The lowest BCUT2D eigenvalue weighted by molar-refractivity contribution is -0.289. The van der Waals surface area contributed by atoms with Crippen molar-refractivity contribution < 1.29 is 24.1 Å². The van der Waals surface area contributed by atoms with Gasteiger partial charge in [-0.2, -0.15) is 0 Å². The molecule has 4 atom stereocenters. The van der Waals surface area contributed by atoms with Crippen molar-refractivity contribution in [3.05, 3.63) is 124 Å². The number of aromatic nitrogens is 2. The molecule has 1 aliphatic rings. The van der Waals surface area contributed by atoms with Gasteiger partial charge in [0.15, 0.2) is 5.60 Å². The number of benzene rings is 3. The Morgan fingerprint density at radius 3 is 2.09 bits per heavy atom. The van der Waals surface area contributed by atoms with E-state index in [0.29, 0.717) is 23.6 Å². The number of nitrogens with zero attached hydrogens (tertiary/aromatic N) is 2. The quantitative estimate of drug-likeness (QED) is 0.122. The van der Waals surface area contributed by atoms with Crippen molar-refractivity contribution >= 4 is 34.0 Å². The lowest BCUT2D eigenvalue weighted by atomic mass is 9.87. The molecule has 0 amide bonds. The van der Waals surface area contributed by atoms with Gasteiger partial charge in [0.25, 0.3) is 0 Å². The van der Waals surface area contributed by atoms with Gasteiger partial charge in [-0.05, 0) is 29.9 Å². The van der Waals surface area contributed by atoms with E-state index in [-0.39, 0.29) is 13.2 Å². The van der Waals surface area contributed by atoms with Crippen molar-refractivity contribution in [1.82, 2.24) is 9.97 Å². The third-order valence-corrected chi connectivity index (χ3v) is 9.55. The van der Waals surface area contributed by atoms with E-state index in [1.165, 1.54) is 29.4 Å². The van der Waals surface area contributed by atoms with E-state index in [1.807, 2.05) is 110 Å². The van der Waals surface area contributed by atoms with Crippen LogP contribution in [0.1, 0.15) is 28.5 Å². The smallest absolute Gasteiger partial charge is 0.237 e. The molecule has 7 nitrogen and oxygen atoms in total. The van der Waals surface area contributed by atoms with Crippen LogP contribution >= 0.6 is 23.1 Å². The fourth-order valence-electron chi connectivity index (χ4n) is 5.47. The molecule has 1 N–H and O–H groups in total. The first-order chi connectivity index (χ1) is 21.0. The van der Waals surface area contributed by atoms with E-state index < -0.39 is 23.6 Å². The Bertz CT molecular complexity index is 1620. The summed E-state index contributed by atoms with van der Waals surface area (Å²) in [5.74, 6) is -1.89. The van der Waals surface area contributed by atoms with Crippen molar-refractivity contribution in [2.75, 3.05) is 12.9 Å². The molecule has 1 aliphatic heterocycles. The molecule has 0 spiro atoms. The Morgan fingerprint density at radius 2 is 1.47 bits per heavy atom. The molecule has 43 heavy (non-hydrogen) atoms. The predicted octanol–water partition coefficient (Wildman–Crippen LogP) is 6.73. The molecular formula is C34H34N2O5S2. The molecular weight excluding hydrogens is 581 g/mol. The Morgan fingerprint density at radius 1 is 0.860 bits per heavy atom. The Hall–Kier alpha value is -3.15. The Kier molecular flexibility index (Phi) is 9.20. The predicted molar refractivity (Wildman–Crippen MR) is 169 cm³/mol. The molecule has 2 aromatic heterocycles. The summed E-state index contributed by atoms with van der Waals surface area (Å²) in [6, 6.07) is 29.8. The van der Waals surface area contributed by atoms with Crippen LogP contribution in [0.15, 0.2) is 108 Å². The monoisotopic (exact) mass is 614 g/mol. The number of rotatable bonds is 12. The molecule has 1 unspecified atom stereocenters. The van der Waals surface area contributed by atoms with Gasteiger partial charge < -0.3 is 24.1 Å². The zero-order valence-corrected chi connectivity index (χ0v) is 25.7. The third kappa shape index (κ3) is 6.12. The van der Waals surface area contributed by atoms with Gasteiger partial charge in [0.1, 0.15) is 23.6 Å². The van der Waals surface area contributed by atoms with Gasteiger partial charge in [-0.3, -0.25) is 0 Å². The molecule has 0 bridgehead atoms. The van der Waals surface area contributed by atoms with Gasteiger partial charge in [0.05, 0.1) is 36.8 Å². The van der Waals surface area contributed by atoms with Crippen molar-refractivity contribution in [1.29, 1.82) is 0 Å². The molecule has 222 valence electrons. The highest BCUT2D eigenvalue weighted by Gasteiger charge is 2.67. The van der Waals surface area contributed by atoms with E-state index >= 15 is 0 Å². The summed E-state index contributed by atoms with van der Waals surface area (Å²) >= 11 is 2.92. The Labute approximate surface area is 259 Å². The average Bonchev–Trinajstić information content (AvgIpc) is 3.58. The lowest BCUT2D eigenvalue weighted by Crippen LogP contribution is -2.55. The van der Waals surface area contributed by atoms with Gasteiger partial charge >= 0.3 is 0 Å². The van der Waals surface area contributed by atoms with Crippen LogP contribution in [0.5, 0.6) is 0 Å². The van der Waals surface area contributed by atoms with Gasteiger partial charge in [-0.1, -0.05) is 91.0 Å². The summed E-state index contributed by atoms with van der Waals surface area (Å²) < 4.78 is 26.2. The van der Waals surface area contributed by atoms with Gasteiger partial charge in [0.2, 0.25) is 5.79 Å². The van der Waals surface area contributed by atoms with E-state index in [1.54, 1.807) is 0 Å². The fourth-order valence-corrected chi connectivity index (χ4v) is 7.22. The summed E-state index contributed by atoms with van der Waals surface area (Å²) in [7, 11) is 0. The van der Waals surface area contributed by atoms with Crippen LogP contribution in [-0.4, -0.2) is 45.7 Å². The fraction of sp³-hybridized carbons (Fsp3) is 0.294. The summed E-state index contributed by atoms with van der Waals surface area (Å²) in [6.07, 6.45) is 2.17. The molecule has 9 heteroatoms. The normalized spacial score (nSPS) is 23.6. The minimum absolute atomic E-state index is 0.190. The zero-order valence-electron chi connectivity index (χ0n) is 24.1. The topological polar surface area (TPSA) is 82.9 Å². The second-order valence-corrected chi connectivity index (χ2v) is 12.3. The minimum atomic E-state index is -1.89. The summed E-state index contributed by atoms with van der Waals surface area (Å²) in [6.45, 7) is 3.02. The summed E-state index contributed by atoms with van der Waals surface area (Å²) in [5.41, 5.74) is 2.33. The van der Waals surface area contributed by atoms with Crippen molar-refractivity contribution in [3.8, 4) is 0 Å². The van der Waals surface area contributed by atoms with Gasteiger partial charge in [-0.25, -0.2) is 9.97 Å². The van der Waals surface area contributed by atoms with E-state index in [2.05, 4.69) is 9.97 Å². The van der Waals surface area contributed by atoms with Crippen LogP contribution in [-0.2, 0) is 44.6 Å². The summed E-state index contributed by atoms with van der Waals surface area (Å²) in [4.78, 5) is 9.56. The highest BCUT2D eigenvalue weighted by atomic mass is 32.2. The van der Waals surface area contributed by atoms with Crippen LogP contribution in [0, 0.1) is 0 Å². The van der Waals surface area contributed by atoms with Crippen molar-refractivity contribution in [2.45, 2.75) is 55.4 Å². The maximum atomic E-state index is 12.7. The second kappa shape index (κ2) is 13.2. The number of fused-ring (bicyclic) bond motifs is 1. The van der Waals surface area contributed by atoms with Crippen LogP contribution in [0.3, 0.4) is 0 Å². The van der Waals surface area contributed by atoms with E-state index in [4.69, 9.17) is 18.9 Å². The number of thioether (sulfide) groups is 1. The summed E-state index contributed by atoms with van der Waals surface area (Å²) in [5, 5.41) is 16.4. The van der Waals surface area contributed by atoms with Crippen molar-refractivity contribution in [3.63, 3.8) is 0 Å². The molecule has 1 fully saturated rings. The molecule has 0 aliphatic carbocycles. The molecule has 1 saturated heterocycles. The van der Waals surface area contributed by atoms with Crippen molar-refractivity contribution in [2.24, 2.45) is 0 Å². The highest BCUT2D eigenvalue weighted by Crippen LogP contribution is 2.53. The number of ether oxygens (including phenoxy) is 4. The van der Waals surface area contributed by atoms with E-state index in [9.17, 15) is 5.11 Å². The minimum Gasteiger partial charge on any atom is -0.374 e. The lowest BCUT2D eigenvalue weighted by Gasteiger charge is -2.39. The molecule has 0 saturated carbocycles. The van der Waals surface area contributed by atoms with Crippen LogP contribution < -0.4 is 0 Å². The van der Waals surface area contributed by atoms with Crippen LogP contribution in [0.2, 0.25) is 0 Å². The highest BCUT2D eigenvalue weighted by molar-refractivity contribution is 7.98. The average molecular weight is 615 g/mol. The molecule has 6 rings (SSSR count). The van der Waals surface area contributed by atoms with Gasteiger partial charge in [0, 0.05) is 10.8 Å². The van der Waals surface area contributed by atoms with Crippen LogP contribution in [0.25, 0.3) is 10.9 Å². The zero-order chi connectivity index (χ0) is 29.7. The SMILES string of the molecule is CSc1ncnc2c(C3(O)O[C@H](COCc4ccccc4)[C@@H](OCc4ccccc4)[C@@]3(C)OCc3ccccc3)scc12. The maximum Gasteiger partial charge on any atom is 0.237 e. The molecule has 3 heterocycles. The number of aliphatic hydroxyl groups is 1. The number of thiophene rings is 1. The molecule has 0 radical (unpaired) electrons.